The molecule has 214 valence electrons. The highest BCUT2D eigenvalue weighted by Crippen LogP contribution is 2.27. The molecular formula is C31H38ClN3O4S. The molecule has 0 aliphatic carbocycles. The Kier molecular flexibility index (Phi) is 11.2. The summed E-state index contributed by atoms with van der Waals surface area (Å²) in [7, 11) is -4.11. The molecule has 0 spiro atoms. The fourth-order valence-corrected chi connectivity index (χ4v) is 6.19. The molecule has 9 heteroatoms. The first kappa shape index (κ1) is 31.2. The van der Waals surface area contributed by atoms with E-state index in [1.54, 1.807) is 48.5 Å². The van der Waals surface area contributed by atoms with E-state index in [0.29, 0.717) is 29.2 Å². The summed E-state index contributed by atoms with van der Waals surface area (Å²) in [4.78, 5) is 28.9. The lowest BCUT2D eigenvalue weighted by molar-refractivity contribution is -0.140. The molecule has 0 heterocycles. The maximum absolute atomic E-state index is 14.1. The first-order valence-corrected chi connectivity index (χ1v) is 15.4. The third-order valence-corrected chi connectivity index (χ3v) is 8.78. The highest BCUT2D eigenvalue weighted by atomic mass is 35.5. The van der Waals surface area contributed by atoms with E-state index in [-0.39, 0.29) is 17.3 Å². The van der Waals surface area contributed by atoms with Crippen molar-refractivity contribution >= 4 is 39.1 Å². The third kappa shape index (κ3) is 7.86. The van der Waals surface area contributed by atoms with E-state index in [0.717, 1.165) is 28.3 Å². The van der Waals surface area contributed by atoms with Crippen LogP contribution in [0.3, 0.4) is 0 Å². The summed E-state index contributed by atoms with van der Waals surface area (Å²) in [6.07, 6.45) is 2.08. The van der Waals surface area contributed by atoms with Gasteiger partial charge in [-0.15, -0.1) is 0 Å². The van der Waals surface area contributed by atoms with E-state index in [1.165, 1.54) is 17.0 Å². The Bertz CT molecular complexity index is 1390. The predicted octanol–water partition coefficient (Wildman–Crippen LogP) is 5.88. The monoisotopic (exact) mass is 583 g/mol. The van der Waals surface area contributed by atoms with Crippen LogP contribution in [0.4, 0.5) is 5.69 Å². The average Bonchev–Trinajstić information content (AvgIpc) is 2.92. The molecule has 1 atom stereocenters. The van der Waals surface area contributed by atoms with Crippen LogP contribution < -0.4 is 9.62 Å². The van der Waals surface area contributed by atoms with Crippen molar-refractivity contribution in [3.05, 3.63) is 94.5 Å². The Morgan fingerprint density at radius 2 is 1.55 bits per heavy atom. The van der Waals surface area contributed by atoms with Gasteiger partial charge < -0.3 is 10.2 Å². The van der Waals surface area contributed by atoms with Crippen LogP contribution in [0.2, 0.25) is 5.02 Å². The van der Waals surface area contributed by atoms with Gasteiger partial charge in [-0.1, -0.05) is 74.3 Å². The quantitative estimate of drug-likeness (QED) is 0.255. The lowest BCUT2D eigenvalue weighted by Crippen LogP contribution is -2.52. The number of carbonyl (C=O) groups excluding carboxylic acids is 2. The van der Waals surface area contributed by atoms with Crippen LogP contribution >= 0.6 is 11.6 Å². The number of anilines is 1. The second kappa shape index (κ2) is 14.3. The molecule has 3 rings (SSSR count). The number of halogens is 1. The maximum Gasteiger partial charge on any atom is 0.264 e. The van der Waals surface area contributed by atoms with Gasteiger partial charge in [0.1, 0.15) is 12.6 Å². The number of aryl methyl sites for hydroxylation is 2. The molecule has 40 heavy (non-hydrogen) atoms. The van der Waals surface area contributed by atoms with E-state index in [2.05, 4.69) is 5.32 Å². The summed E-state index contributed by atoms with van der Waals surface area (Å²) in [6.45, 7) is 7.70. The molecule has 0 aliphatic rings. The van der Waals surface area contributed by atoms with E-state index in [9.17, 15) is 18.0 Å². The summed E-state index contributed by atoms with van der Waals surface area (Å²) in [5.74, 6) is -0.781. The van der Waals surface area contributed by atoms with E-state index < -0.39 is 28.5 Å². The molecule has 7 nitrogen and oxygen atoms in total. The molecule has 0 aliphatic heterocycles. The van der Waals surface area contributed by atoms with Crippen molar-refractivity contribution < 1.29 is 18.0 Å². The van der Waals surface area contributed by atoms with Gasteiger partial charge in [0, 0.05) is 18.1 Å². The van der Waals surface area contributed by atoms with Crippen LogP contribution in [0.15, 0.2) is 77.7 Å². The molecule has 0 bridgehead atoms. The van der Waals surface area contributed by atoms with Gasteiger partial charge in [-0.3, -0.25) is 13.9 Å². The first-order valence-electron chi connectivity index (χ1n) is 13.5. The van der Waals surface area contributed by atoms with Crippen LogP contribution in [0.25, 0.3) is 0 Å². The Morgan fingerprint density at radius 3 is 2.15 bits per heavy atom. The number of amides is 2. The fourth-order valence-electron chi connectivity index (χ4n) is 4.58. The van der Waals surface area contributed by atoms with Crippen LogP contribution in [-0.4, -0.2) is 44.3 Å². The number of benzene rings is 3. The lowest BCUT2D eigenvalue weighted by Gasteiger charge is -2.33. The summed E-state index contributed by atoms with van der Waals surface area (Å²) >= 11 is 6.45. The van der Waals surface area contributed by atoms with Gasteiger partial charge in [0.25, 0.3) is 10.0 Å². The number of unbranched alkanes of at least 4 members (excludes halogenated alkanes) is 1. The van der Waals surface area contributed by atoms with Crippen molar-refractivity contribution in [2.75, 3.05) is 17.4 Å². The molecule has 0 radical (unpaired) electrons. The van der Waals surface area contributed by atoms with Gasteiger partial charge >= 0.3 is 0 Å². The van der Waals surface area contributed by atoms with E-state index >= 15 is 0 Å². The van der Waals surface area contributed by atoms with Gasteiger partial charge in [0.15, 0.2) is 0 Å². The van der Waals surface area contributed by atoms with Crippen molar-refractivity contribution in [2.24, 2.45) is 0 Å². The second-order valence-corrected chi connectivity index (χ2v) is 12.1. The number of nitrogens with one attached hydrogen (secondary N) is 1. The summed E-state index contributed by atoms with van der Waals surface area (Å²) in [5, 5.41) is 3.39. The molecule has 0 fully saturated rings. The predicted molar refractivity (Wildman–Crippen MR) is 161 cm³/mol. The van der Waals surface area contributed by atoms with E-state index in [4.69, 9.17) is 11.6 Å². The Labute approximate surface area is 243 Å². The van der Waals surface area contributed by atoms with Gasteiger partial charge in [-0.25, -0.2) is 8.42 Å². The molecule has 0 aromatic heterocycles. The number of hydrogen-bond donors (Lipinski definition) is 1. The Hall–Kier alpha value is -3.36. The number of nitrogens with zero attached hydrogens (tertiary/aromatic N) is 2. The Balaban J connectivity index is 2.07. The molecule has 3 aromatic carbocycles. The molecule has 0 saturated carbocycles. The van der Waals surface area contributed by atoms with Crippen molar-refractivity contribution in [1.29, 1.82) is 0 Å². The maximum atomic E-state index is 14.1. The number of rotatable bonds is 13. The van der Waals surface area contributed by atoms with Crippen molar-refractivity contribution in [2.45, 2.75) is 64.4 Å². The summed E-state index contributed by atoms with van der Waals surface area (Å²) in [6, 6.07) is 19.8. The first-order chi connectivity index (χ1) is 19.1. The van der Waals surface area contributed by atoms with Crippen LogP contribution in [0.1, 0.15) is 49.8 Å². The van der Waals surface area contributed by atoms with Crippen molar-refractivity contribution in [3.63, 3.8) is 0 Å². The molecule has 0 saturated heterocycles. The highest BCUT2D eigenvalue weighted by molar-refractivity contribution is 7.92. The van der Waals surface area contributed by atoms with Gasteiger partial charge in [-0.2, -0.15) is 0 Å². The van der Waals surface area contributed by atoms with Crippen molar-refractivity contribution in [3.8, 4) is 0 Å². The minimum atomic E-state index is -4.11. The molecular weight excluding hydrogens is 546 g/mol. The van der Waals surface area contributed by atoms with Crippen molar-refractivity contribution in [1.82, 2.24) is 10.2 Å². The average molecular weight is 584 g/mol. The van der Waals surface area contributed by atoms with E-state index in [1.807, 2.05) is 39.8 Å². The molecule has 1 unspecified atom stereocenters. The topological polar surface area (TPSA) is 86.8 Å². The Morgan fingerprint density at radius 1 is 0.925 bits per heavy atom. The minimum absolute atomic E-state index is 0.0598. The third-order valence-electron chi connectivity index (χ3n) is 6.62. The standard InChI is InChI=1S/C31H38ClN3O4S/c1-5-7-17-33-31(37)29(6-2)34(21-25-13-11-12-16-28(25)32)30(36)22-35(26-19-23(3)18-24(4)20-26)40(38,39)27-14-9-8-10-15-27/h8-16,18-20,29H,5-7,17,21-22H2,1-4H3,(H,33,37). The normalized spacial score (nSPS) is 12.0. The smallest absolute Gasteiger partial charge is 0.264 e. The van der Waals surface area contributed by atoms with Gasteiger partial charge in [0.2, 0.25) is 11.8 Å². The lowest BCUT2D eigenvalue weighted by atomic mass is 10.1. The zero-order valence-electron chi connectivity index (χ0n) is 23.6. The molecule has 1 N–H and O–H groups in total. The summed E-state index contributed by atoms with van der Waals surface area (Å²) in [5.41, 5.74) is 2.78. The zero-order chi connectivity index (χ0) is 29.3. The number of carbonyl (C=O) groups is 2. The second-order valence-electron chi connectivity index (χ2n) is 9.85. The molecule has 2 amide bonds. The highest BCUT2D eigenvalue weighted by Gasteiger charge is 2.34. The van der Waals surface area contributed by atoms with Crippen LogP contribution in [0, 0.1) is 13.8 Å². The summed E-state index contributed by atoms with van der Waals surface area (Å²) < 4.78 is 29.0. The van der Waals surface area contributed by atoms with Crippen LogP contribution in [-0.2, 0) is 26.2 Å². The largest absolute Gasteiger partial charge is 0.354 e. The van der Waals surface area contributed by atoms with Crippen LogP contribution in [0.5, 0.6) is 0 Å². The molecule has 3 aromatic rings. The number of sulfonamides is 1. The fraction of sp³-hybridized carbons (Fsp3) is 0.355. The van der Waals surface area contributed by atoms with Gasteiger partial charge in [0.05, 0.1) is 10.6 Å². The number of hydrogen-bond acceptors (Lipinski definition) is 4. The zero-order valence-corrected chi connectivity index (χ0v) is 25.1. The van der Waals surface area contributed by atoms with Gasteiger partial charge in [-0.05, 0) is 73.7 Å². The SMILES string of the molecule is CCCCNC(=O)C(CC)N(Cc1ccccc1Cl)C(=O)CN(c1cc(C)cc(C)c1)S(=O)(=O)c1ccccc1. The minimum Gasteiger partial charge on any atom is -0.354 e.